The van der Waals surface area contributed by atoms with Crippen molar-refractivity contribution in [3.05, 3.63) is 17.2 Å². The van der Waals surface area contributed by atoms with E-state index in [1.165, 1.54) is 0 Å². The lowest BCUT2D eigenvalue weighted by Crippen LogP contribution is -2.21. The standard InChI is InChI=1S/C13H19N3O/c1-12(2,3)10-9(17)11(13(4,5)6)16-8(7-14)15-10/h17H,1-6H3. The molecule has 1 aromatic heterocycles. The van der Waals surface area contributed by atoms with Crippen LogP contribution in [0.4, 0.5) is 0 Å². The summed E-state index contributed by atoms with van der Waals surface area (Å²) < 4.78 is 0. The van der Waals surface area contributed by atoms with Crippen LogP contribution < -0.4 is 0 Å². The molecular formula is C13H19N3O. The Hall–Kier alpha value is -1.63. The van der Waals surface area contributed by atoms with E-state index in [4.69, 9.17) is 5.26 Å². The van der Waals surface area contributed by atoms with Gasteiger partial charge in [-0.15, -0.1) is 0 Å². The van der Waals surface area contributed by atoms with Gasteiger partial charge in [0.05, 0.1) is 11.4 Å². The average Bonchev–Trinajstić information content (AvgIpc) is 2.14. The predicted octanol–water partition coefficient (Wildman–Crippen LogP) is 2.65. The molecule has 0 aliphatic rings. The van der Waals surface area contributed by atoms with Crippen molar-refractivity contribution in [2.75, 3.05) is 0 Å². The van der Waals surface area contributed by atoms with Gasteiger partial charge >= 0.3 is 0 Å². The molecule has 4 nitrogen and oxygen atoms in total. The zero-order valence-corrected chi connectivity index (χ0v) is 11.3. The van der Waals surface area contributed by atoms with Gasteiger partial charge in [0, 0.05) is 10.8 Å². The fourth-order valence-electron chi connectivity index (χ4n) is 1.55. The van der Waals surface area contributed by atoms with Crippen LogP contribution in [-0.2, 0) is 10.8 Å². The van der Waals surface area contributed by atoms with Gasteiger partial charge in [-0.3, -0.25) is 0 Å². The lowest BCUT2D eigenvalue weighted by atomic mass is 9.85. The third kappa shape index (κ3) is 2.73. The van der Waals surface area contributed by atoms with Crippen molar-refractivity contribution in [3.63, 3.8) is 0 Å². The second-order valence-electron chi connectivity index (χ2n) is 6.20. The quantitative estimate of drug-likeness (QED) is 0.747. The molecule has 1 heterocycles. The Morgan fingerprint density at radius 2 is 1.29 bits per heavy atom. The van der Waals surface area contributed by atoms with Crippen LogP contribution in [0.2, 0.25) is 0 Å². The van der Waals surface area contributed by atoms with Crippen LogP contribution in [0.5, 0.6) is 5.75 Å². The zero-order chi connectivity index (χ0) is 13.4. The van der Waals surface area contributed by atoms with Gasteiger partial charge in [0.15, 0.2) is 5.75 Å². The molecule has 0 fully saturated rings. The highest BCUT2D eigenvalue weighted by atomic mass is 16.3. The lowest BCUT2D eigenvalue weighted by Gasteiger charge is -2.25. The molecule has 1 N–H and O–H groups in total. The molecule has 0 bridgehead atoms. The van der Waals surface area contributed by atoms with Gasteiger partial charge in [-0.2, -0.15) is 5.26 Å². The molecule has 0 saturated heterocycles. The first-order chi connectivity index (χ1) is 7.57. The minimum Gasteiger partial charge on any atom is -0.504 e. The number of aromatic hydroxyl groups is 1. The predicted molar refractivity (Wildman–Crippen MR) is 65.8 cm³/mol. The Bertz CT molecular complexity index is 438. The maximum atomic E-state index is 10.2. The first-order valence-corrected chi connectivity index (χ1v) is 5.59. The second-order valence-corrected chi connectivity index (χ2v) is 6.20. The Kier molecular flexibility index (Phi) is 3.15. The number of rotatable bonds is 0. The maximum Gasteiger partial charge on any atom is 0.232 e. The van der Waals surface area contributed by atoms with E-state index in [1.807, 2.05) is 47.6 Å². The molecule has 92 valence electrons. The molecule has 0 aliphatic heterocycles. The molecule has 0 unspecified atom stereocenters. The van der Waals surface area contributed by atoms with E-state index in [0.29, 0.717) is 11.4 Å². The number of aromatic nitrogens is 2. The molecule has 0 aliphatic carbocycles. The zero-order valence-electron chi connectivity index (χ0n) is 11.3. The van der Waals surface area contributed by atoms with E-state index < -0.39 is 0 Å². The van der Waals surface area contributed by atoms with Gasteiger partial charge in [0.1, 0.15) is 6.07 Å². The molecule has 17 heavy (non-hydrogen) atoms. The summed E-state index contributed by atoms with van der Waals surface area (Å²) in [6.07, 6.45) is 0. The minimum atomic E-state index is -0.321. The number of nitrogens with zero attached hydrogens (tertiary/aromatic N) is 3. The van der Waals surface area contributed by atoms with Crippen molar-refractivity contribution in [1.82, 2.24) is 9.97 Å². The molecule has 0 radical (unpaired) electrons. The lowest BCUT2D eigenvalue weighted by molar-refractivity contribution is 0.406. The average molecular weight is 233 g/mol. The summed E-state index contributed by atoms with van der Waals surface area (Å²) in [5.41, 5.74) is 0.403. The fourth-order valence-corrected chi connectivity index (χ4v) is 1.55. The summed E-state index contributed by atoms with van der Waals surface area (Å²) in [5.74, 6) is 0.210. The monoisotopic (exact) mass is 233 g/mol. The normalized spacial score (nSPS) is 12.3. The van der Waals surface area contributed by atoms with Crippen molar-refractivity contribution in [2.45, 2.75) is 52.4 Å². The summed E-state index contributed by atoms with van der Waals surface area (Å²) in [4.78, 5) is 8.23. The van der Waals surface area contributed by atoms with Gasteiger partial charge in [-0.25, -0.2) is 9.97 Å². The number of nitriles is 1. The van der Waals surface area contributed by atoms with Crippen LogP contribution in [0.25, 0.3) is 0 Å². The van der Waals surface area contributed by atoms with E-state index in [1.54, 1.807) is 0 Å². The molecule has 0 amide bonds. The third-order valence-corrected chi connectivity index (χ3v) is 2.40. The fraction of sp³-hybridized carbons (Fsp3) is 0.615. The molecule has 0 atom stereocenters. The summed E-state index contributed by atoms with van der Waals surface area (Å²) in [5, 5.41) is 19.2. The number of hydrogen-bond donors (Lipinski definition) is 1. The van der Waals surface area contributed by atoms with Gasteiger partial charge in [-0.05, 0) is 0 Å². The van der Waals surface area contributed by atoms with Crippen molar-refractivity contribution in [3.8, 4) is 11.8 Å². The van der Waals surface area contributed by atoms with Crippen LogP contribution in [-0.4, -0.2) is 15.1 Å². The minimum absolute atomic E-state index is 0.101. The van der Waals surface area contributed by atoms with E-state index in [-0.39, 0.29) is 22.4 Å². The Balaban J connectivity index is 3.61. The molecule has 0 aromatic carbocycles. The molecule has 0 saturated carbocycles. The SMILES string of the molecule is CC(C)(C)c1nc(C#N)nc(C(C)(C)C)c1O. The molecule has 1 aromatic rings. The Morgan fingerprint density at radius 3 is 1.53 bits per heavy atom. The van der Waals surface area contributed by atoms with E-state index >= 15 is 0 Å². The molecular weight excluding hydrogens is 214 g/mol. The van der Waals surface area contributed by atoms with Crippen molar-refractivity contribution < 1.29 is 5.11 Å². The summed E-state index contributed by atoms with van der Waals surface area (Å²) in [6.45, 7) is 11.7. The van der Waals surface area contributed by atoms with Crippen LogP contribution >= 0.6 is 0 Å². The van der Waals surface area contributed by atoms with Gasteiger partial charge < -0.3 is 5.11 Å². The van der Waals surface area contributed by atoms with Crippen LogP contribution in [0.15, 0.2) is 0 Å². The topological polar surface area (TPSA) is 69.8 Å². The number of hydrogen-bond acceptors (Lipinski definition) is 4. The summed E-state index contributed by atoms with van der Waals surface area (Å²) >= 11 is 0. The van der Waals surface area contributed by atoms with E-state index in [2.05, 4.69) is 9.97 Å². The van der Waals surface area contributed by atoms with Crippen molar-refractivity contribution >= 4 is 0 Å². The summed E-state index contributed by atoms with van der Waals surface area (Å²) in [7, 11) is 0. The van der Waals surface area contributed by atoms with Gasteiger partial charge in [0.2, 0.25) is 5.82 Å². The van der Waals surface area contributed by atoms with Crippen LogP contribution in [0.1, 0.15) is 58.8 Å². The Morgan fingerprint density at radius 1 is 0.941 bits per heavy atom. The molecule has 1 rings (SSSR count). The van der Waals surface area contributed by atoms with Gasteiger partial charge in [-0.1, -0.05) is 41.5 Å². The first kappa shape index (κ1) is 13.4. The summed E-state index contributed by atoms with van der Waals surface area (Å²) in [6, 6.07) is 1.95. The molecule has 0 spiro atoms. The van der Waals surface area contributed by atoms with Crippen molar-refractivity contribution in [1.29, 1.82) is 5.26 Å². The largest absolute Gasteiger partial charge is 0.504 e. The highest BCUT2D eigenvalue weighted by Crippen LogP contribution is 2.36. The maximum absolute atomic E-state index is 10.2. The van der Waals surface area contributed by atoms with Gasteiger partial charge in [0.25, 0.3) is 0 Å². The first-order valence-electron chi connectivity index (χ1n) is 5.59. The Labute approximate surface area is 102 Å². The van der Waals surface area contributed by atoms with Crippen LogP contribution in [0, 0.1) is 11.3 Å². The highest BCUT2D eigenvalue weighted by molar-refractivity contribution is 5.41. The molecule has 4 heteroatoms. The highest BCUT2D eigenvalue weighted by Gasteiger charge is 2.29. The van der Waals surface area contributed by atoms with E-state index in [0.717, 1.165) is 0 Å². The van der Waals surface area contributed by atoms with Crippen molar-refractivity contribution in [2.24, 2.45) is 0 Å². The third-order valence-electron chi connectivity index (χ3n) is 2.40. The van der Waals surface area contributed by atoms with Crippen LogP contribution in [0.3, 0.4) is 0 Å². The smallest absolute Gasteiger partial charge is 0.232 e. The second kappa shape index (κ2) is 3.99. The van der Waals surface area contributed by atoms with E-state index in [9.17, 15) is 5.11 Å².